The highest BCUT2D eigenvalue weighted by molar-refractivity contribution is 5.98. The van der Waals surface area contributed by atoms with Crippen LogP contribution in [0.3, 0.4) is 0 Å². The number of nitrogens with one attached hydrogen (secondary N) is 9. The van der Waals surface area contributed by atoms with Gasteiger partial charge in [0.15, 0.2) is 0 Å². The first-order valence-corrected chi connectivity index (χ1v) is 24.7. The number of hydrogen-bond acceptors (Lipinski definition) is 12. The molecule has 0 radical (unpaired) electrons. The van der Waals surface area contributed by atoms with Crippen molar-refractivity contribution in [3.05, 3.63) is 102 Å². The first-order valence-electron chi connectivity index (χ1n) is 24.7. The highest BCUT2D eigenvalue weighted by atomic mass is 16.4. The summed E-state index contributed by atoms with van der Waals surface area (Å²) in [5.74, 6) is -7.65. The van der Waals surface area contributed by atoms with E-state index < -0.39 is 115 Å². The number of aromatic hydroxyl groups is 1. The summed E-state index contributed by atoms with van der Waals surface area (Å²) in [5, 5.41) is 40.8. The number of carboxylic acid groups (broad SMARTS) is 1. The average Bonchev–Trinajstić information content (AvgIpc) is 4.05. The van der Waals surface area contributed by atoms with Crippen LogP contribution in [0.5, 0.6) is 5.75 Å². The molecule has 0 saturated carbocycles. The van der Waals surface area contributed by atoms with Gasteiger partial charge in [-0.15, -0.1) is 0 Å². The van der Waals surface area contributed by atoms with Crippen LogP contribution in [-0.2, 0) is 67.2 Å². The number of nitrogens with zero attached hydrogens (tertiary/aromatic N) is 1. The number of carbonyl (C=O) groups is 10. The minimum Gasteiger partial charge on any atom is -0.508 e. The molecule has 1 aliphatic rings. The maximum atomic E-state index is 14.5. The van der Waals surface area contributed by atoms with Gasteiger partial charge >= 0.3 is 5.97 Å². The summed E-state index contributed by atoms with van der Waals surface area (Å²) >= 11 is 0. The van der Waals surface area contributed by atoms with Crippen molar-refractivity contribution in [2.24, 2.45) is 11.7 Å². The van der Waals surface area contributed by atoms with Crippen molar-refractivity contribution in [3.8, 4) is 5.75 Å². The Morgan fingerprint density at radius 2 is 1.21 bits per heavy atom. The maximum Gasteiger partial charge on any atom is 0.326 e. The van der Waals surface area contributed by atoms with E-state index in [1.165, 1.54) is 43.0 Å². The molecule has 1 aliphatic heterocycles. The number of phenols is 1. The first-order chi connectivity index (χ1) is 35.7. The number of rotatable bonds is 26. The molecule has 5 rings (SSSR count). The van der Waals surface area contributed by atoms with Gasteiger partial charge in [0.05, 0.1) is 19.6 Å². The molecule has 0 bridgehead atoms. The second-order valence-electron chi connectivity index (χ2n) is 18.8. The van der Waals surface area contributed by atoms with Crippen molar-refractivity contribution < 1.29 is 58.2 Å². The van der Waals surface area contributed by atoms with E-state index in [-0.39, 0.29) is 56.9 Å². The second-order valence-corrected chi connectivity index (χ2v) is 18.8. The average molecular weight is 1040 g/mol. The van der Waals surface area contributed by atoms with Crippen molar-refractivity contribution in [2.45, 2.75) is 109 Å². The standard InChI is InChI=1S/C52H67N11O12/c1-29(2)21-38(59-44(66)27-55-43(65)25-53)48(70)56-28-45(67)63-20-10-15-42(63)51(73)58-31(4)46(68)60-40(24-34-26-54-37-14-9-8-13-36(34)37)50(72)61-39(22-32-11-6-5-7-12-32)49(71)57-30(3)47(69)62-41(52(74)75)23-33-16-18-35(64)19-17-33/h5-9,11-14,16-19,26,29-31,38-42,54,64H,10,15,20-25,27-28,53H2,1-4H3,(H,55,65)(H,56,70)(H,57,71)(H,58,73)(H,59,66)(H,60,68)(H,61,72)(H,62,69)(H,74,75)/t30-,31-,38-,39-,40-,41-,42-/m0/s1. The maximum absolute atomic E-state index is 14.5. The summed E-state index contributed by atoms with van der Waals surface area (Å²) in [7, 11) is 0. The number of carboxylic acids is 1. The minimum atomic E-state index is -1.39. The fraction of sp³-hybridized carbons (Fsp3) is 0.423. The Morgan fingerprint density at radius 3 is 1.88 bits per heavy atom. The predicted molar refractivity (Wildman–Crippen MR) is 274 cm³/mol. The van der Waals surface area contributed by atoms with Gasteiger partial charge in [0, 0.05) is 42.9 Å². The van der Waals surface area contributed by atoms with Crippen LogP contribution in [0.25, 0.3) is 10.9 Å². The van der Waals surface area contributed by atoms with E-state index in [2.05, 4.69) is 47.5 Å². The van der Waals surface area contributed by atoms with Crippen LogP contribution in [0.15, 0.2) is 85.1 Å². The van der Waals surface area contributed by atoms with Gasteiger partial charge in [0.2, 0.25) is 53.2 Å². The molecule has 4 aromatic rings. The lowest BCUT2D eigenvalue weighted by Gasteiger charge is -2.27. The van der Waals surface area contributed by atoms with Crippen LogP contribution < -0.4 is 48.3 Å². The van der Waals surface area contributed by atoms with E-state index in [1.807, 2.05) is 32.0 Å². The molecule has 7 atom stereocenters. The van der Waals surface area contributed by atoms with Crippen molar-refractivity contribution in [2.75, 3.05) is 26.2 Å². The smallest absolute Gasteiger partial charge is 0.326 e. The largest absolute Gasteiger partial charge is 0.508 e. The molecule has 13 N–H and O–H groups in total. The number of aliphatic carboxylic acids is 1. The summed E-state index contributed by atoms with van der Waals surface area (Å²) < 4.78 is 0. The Labute approximate surface area is 433 Å². The van der Waals surface area contributed by atoms with Crippen molar-refractivity contribution in [3.63, 3.8) is 0 Å². The quantitative estimate of drug-likeness (QED) is 0.0366. The molecule has 23 nitrogen and oxygen atoms in total. The third kappa shape index (κ3) is 17.4. The molecule has 402 valence electrons. The molecule has 9 amide bonds. The lowest BCUT2D eigenvalue weighted by molar-refractivity contribution is -0.142. The normalized spacial score (nSPS) is 15.5. The Hall–Kier alpha value is -8.34. The minimum absolute atomic E-state index is 0.0213. The summed E-state index contributed by atoms with van der Waals surface area (Å²) in [6, 6.07) is 13.1. The molecule has 1 saturated heterocycles. The molecule has 0 spiro atoms. The molecule has 0 aliphatic carbocycles. The Kier molecular flexibility index (Phi) is 21.2. The number of aromatic nitrogens is 1. The number of likely N-dealkylation sites (tertiary alicyclic amines) is 1. The first kappa shape index (κ1) is 57.6. The zero-order valence-corrected chi connectivity index (χ0v) is 42.3. The highest BCUT2D eigenvalue weighted by Gasteiger charge is 2.37. The Morgan fingerprint density at radius 1 is 0.627 bits per heavy atom. The summed E-state index contributed by atoms with van der Waals surface area (Å²) in [6.07, 6.45) is 2.34. The second kappa shape index (κ2) is 27.6. The molecule has 75 heavy (non-hydrogen) atoms. The van der Waals surface area contributed by atoms with E-state index in [4.69, 9.17) is 5.73 Å². The monoisotopic (exact) mass is 1040 g/mol. The van der Waals surface area contributed by atoms with Gasteiger partial charge in [-0.05, 0) is 73.9 Å². The van der Waals surface area contributed by atoms with Crippen LogP contribution in [0.4, 0.5) is 0 Å². The number of aromatic amines is 1. The SMILES string of the molecule is CC(C)C[C@H](NC(=O)CNC(=O)CN)C(=O)NCC(=O)N1CCC[C@H]1C(=O)N[C@@H](C)C(=O)N[C@@H](Cc1c[nH]c2ccccc12)C(=O)N[C@@H](Cc1ccccc1)C(=O)N[C@@H](C)C(=O)N[C@@H](Cc1ccc(O)cc1)C(=O)O. The number of phenolic OH excluding ortho intramolecular Hbond substituents is 1. The number of nitrogens with two attached hydrogens (primary N) is 1. The number of fused-ring (bicyclic) bond motifs is 1. The number of hydrogen-bond donors (Lipinski definition) is 12. The molecule has 23 heteroatoms. The van der Waals surface area contributed by atoms with Gasteiger partial charge in [-0.2, -0.15) is 0 Å². The van der Waals surface area contributed by atoms with Gasteiger partial charge in [0.1, 0.15) is 48.0 Å². The fourth-order valence-electron chi connectivity index (χ4n) is 8.40. The Bertz CT molecular complexity index is 2680. The molecule has 0 unspecified atom stereocenters. The van der Waals surface area contributed by atoms with Crippen LogP contribution in [0, 0.1) is 5.92 Å². The Balaban J connectivity index is 1.26. The number of carbonyl (C=O) groups excluding carboxylic acids is 9. The van der Waals surface area contributed by atoms with Crippen LogP contribution in [0.2, 0.25) is 0 Å². The number of para-hydroxylation sites is 1. The number of benzene rings is 3. The van der Waals surface area contributed by atoms with E-state index in [9.17, 15) is 58.2 Å². The van der Waals surface area contributed by atoms with E-state index in [1.54, 1.807) is 42.6 Å². The molecular weight excluding hydrogens is 971 g/mol. The fourth-order valence-corrected chi connectivity index (χ4v) is 8.40. The van der Waals surface area contributed by atoms with E-state index in [0.29, 0.717) is 23.1 Å². The third-order valence-corrected chi connectivity index (χ3v) is 12.4. The van der Waals surface area contributed by atoms with Crippen LogP contribution >= 0.6 is 0 Å². The zero-order chi connectivity index (χ0) is 54.8. The van der Waals surface area contributed by atoms with E-state index in [0.717, 1.165) is 10.9 Å². The van der Waals surface area contributed by atoms with Gasteiger partial charge in [-0.25, -0.2) is 4.79 Å². The molecule has 2 heterocycles. The van der Waals surface area contributed by atoms with Crippen LogP contribution in [-0.4, -0.2) is 148 Å². The van der Waals surface area contributed by atoms with Gasteiger partial charge in [0.25, 0.3) is 0 Å². The summed E-state index contributed by atoms with van der Waals surface area (Å²) in [6.45, 7) is 5.38. The van der Waals surface area contributed by atoms with Gasteiger partial charge in [-0.3, -0.25) is 43.2 Å². The molecule has 1 aromatic heterocycles. The predicted octanol–water partition coefficient (Wildman–Crippen LogP) is -0.837. The summed E-state index contributed by atoms with van der Waals surface area (Å²) in [4.78, 5) is 137. The lowest BCUT2D eigenvalue weighted by atomic mass is 10.0. The molecule has 1 fully saturated rings. The van der Waals surface area contributed by atoms with Crippen molar-refractivity contribution in [1.82, 2.24) is 52.4 Å². The van der Waals surface area contributed by atoms with Gasteiger partial charge in [-0.1, -0.05) is 74.5 Å². The zero-order valence-electron chi connectivity index (χ0n) is 42.3. The topological polar surface area (TPSA) is 352 Å². The van der Waals surface area contributed by atoms with Crippen LogP contribution in [0.1, 0.15) is 63.6 Å². The molecular formula is C52H67N11O12. The van der Waals surface area contributed by atoms with Gasteiger partial charge < -0.3 is 68.4 Å². The lowest BCUT2D eigenvalue weighted by Crippen LogP contribution is -2.59. The number of H-pyrrole nitrogens is 1. The van der Waals surface area contributed by atoms with E-state index >= 15 is 0 Å². The number of amides is 9. The summed E-state index contributed by atoms with van der Waals surface area (Å²) in [5.41, 5.74) is 7.82. The third-order valence-electron chi connectivity index (χ3n) is 12.4. The van der Waals surface area contributed by atoms with Crippen molar-refractivity contribution >= 4 is 70.0 Å². The van der Waals surface area contributed by atoms with Crippen molar-refractivity contribution in [1.29, 1.82) is 0 Å². The highest BCUT2D eigenvalue weighted by Crippen LogP contribution is 2.21. The molecule has 3 aromatic carbocycles.